The summed E-state index contributed by atoms with van der Waals surface area (Å²) in [5, 5.41) is 14.3. The highest BCUT2D eigenvalue weighted by Gasteiger charge is 2.14. The molecule has 21 heavy (non-hydrogen) atoms. The summed E-state index contributed by atoms with van der Waals surface area (Å²) in [5.74, 6) is -0.408. The highest BCUT2D eigenvalue weighted by Crippen LogP contribution is 2.29. The van der Waals surface area contributed by atoms with Gasteiger partial charge in [0.2, 0.25) is 0 Å². The quantitative estimate of drug-likeness (QED) is 0.628. The van der Waals surface area contributed by atoms with Crippen LogP contribution in [0.15, 0.2) is 42.5 Å². The lowest BCUT2D eigenvalue weighted by Crippen LogP contribution is -2.10. The van der Waals surface area contributed by atoms with E-state index in [4.69, 9.17) is 11.6 Å². The Balaban J connectivity index is 2.27. The van der Waals surface area contributed by atoms with Gasteiger partial charge in [0.25, 0.3) is 5.69 Å². The van der Waals surface area contributed by atoms with Crippen LogP contribution in [0.3, 0.4) is 0 Å². The van der Waals surface area contributed by atoms with Gasteiger partial charge in [-0.15, -0.1) is 0 Å². The Hall–Kier alpha value is -2.14. The van der Waals surface area contributed by atoms with E-state index >= 15 is 0 Å². The summed E-state index contributed by atoms with van der Waals surface area (Å²) in [6, 6.07) is 10.4. The van der Waals surface area contributed by atoms with E-state index in [1.165, 1.54) is 24.3 Å². The molecule has 0 aromatic heterocycles. The maximum Gasteiger partial charge on any atom is 0.269 e. The summed E-state index contributed by atoms with van der Waals surface area (Å²) in [5.41, 5.74) is 1.42. The molecule has 0 saturated heterocycles. The van der Waals surface area contributed by atoms with Crippen molar-refractivity contribution in [3.05, 3.63) is 69.0 Å². The largest absolute Gasteiger partial charge is 0.377 e. The van der Waals surface area contributed by atoms with E-state index < -0.39 is 10.7 Å². The standard InChI is InChI=1S/C15H14ClFN2O2/c1-2-14(10-4-3-5-12(8-10)19(20)21)18-15-7-6-11(17)9-13(15)16/h3-9,14,18H,2H2,1H3. The molecule has 2 aromatic carbocycles. The van der Waals surface area contributed by atoms with Crippen molar-refractivity contribution in [2.45, 2.75) is 19.4 Å². The number of benzene rings is 2. The fraction of sp³-hybridized carbons (Fsp3) is 0.200. The molecule has 2 aromatic rings. The Morgan fingerprint density at radius 2 is 2.10 bits per heavy atom. The van der Waals surface area contributed by atoms with Crippen molar-refractivity contribution in [2.75, 3.05) is 5.32 Å². The van der Waals surface area contributed by atoms with E-state index in [0.717, 1.165) is 5.56 Å². The van der Waals surface area contributed by atoms with Gasteiger partial charge in [-0.1, -0.05) is 30.7 Å². The van der Waals surface area contributed by atoms with E-state index in [0.29, 0.717) is 12.1 Å². The molecule has 0 heterocycles. The molecule has 1 atom stereocenters. The van der Waals surface area contributed by atoms with E-state index in [-0.39, 0.29) is 16.8 Å². The minimum absolute atomic E-state index is 0.0398. The van der Waals surface area contributed by atoms with Crippen LogP contribution in [0.5, 0.6) is 0 Å². The zero-order valence-electron chi connectivity index (χ0n) is 11.3. The summed E-state index contributed by atoms with van der Waals surface area (Å²) in [6.07, 6.45) is 0.703. The Labute approximate surface area is 126 Å². The first-order chi connectivity index (χ1) is 10.0. The predicted octanol–water partition coefficient (Wildman–Crippen LogP) is 4.95. The molecule has 2 rings (SSSR count). The highest BCUT2D eigenvalue weighted by molar-refractivity contribution is 6.33. The second kappa shape index (κ2) is 6.54. The van der Waals surface area contributed by atoms with Crippen LogP contribution in [0.25, 0.3) is 0 Å². The number of non-ortho nitro benzene ring substituents is 1. The molecule has 0 aliphatic rings. The van der Waals surface area contributed by atoms with Crippen molar-refractivity contribution in [2.24, 2.45) is 0 Å². The number of nitro groups is 1. The number of hydrogen-bond acceptors (Lipinski definition) is 3. The van der Waals surface area contributed by atoms with Gasteiger partial charge in [-0.05, 0) is 30.2 Å². The van der Waals surface area contributed by atoms with E-state index in [9.17, 15) is 14.5 Å². The Morgan fingerprint density at radius 1 is 1.33 bits per heavy atom. The van der Waals surface area contributed by atoms with Gasteiger partial charge in [0, 0.05) is 12.1 Å². The number of nitrogens with one attached hydrogen (secondary N) is 1. The van der Waals surface area contributed by atoms with Crippen LogP contribution in [0.4, 0.5) is 15.8 Å². The van der Waals surface area contributed by atoms with Gasteiger partial charge in [0.05, 0.1) is 21.7 Å². The topological polar surface area (TPSA) is 55.2 Å². The molecule has 0 radical (unpaired) electrons. The summed E-state index contributed by atoms with van der Waals surface area (Å²) < 4.78 is 13.0. The van der Waals surface area contributed by atoms with Crippen molar-refractivity contribution in [3.8, 4) is 0 Å². The summed E-state index contributed by atoms with van der Waals surface area (Å²) in [4.78, 5) is 10.4. The first kappa shape index (κ1) is 15.3. The molecule has 6 heteroatoms. The number of nitro benzene ring substituents is 1. The molecule has 110 valence electrons. The fourth-order valence-corrected chi connectivity index (χ4v) is 2.29. The van der Waals surface area contributed by atoms with Crippen molar-refractivity contribution in [1.29, 1.82) is 0 Å². The monoisotopic (exact) mass is 308 g/mol. The lowest BCUT2D eigenvalue weighted by atomic mass is 10.0. The van der Waals surface area contributed by atoms with Crippen LogP contribution in [0.1, 0.15) is 24.9 Å². The summed E-state index contributed by atoms with van der Waals surface area (Å²) in [6.45, 7) is 1.95. The average Bonchev–Trinajstić information content (AvgIpc) is 2.46. The third kappa shape index (κ3) is 3.70. The van der Waals surface area contributed by atoms with Crippen LogP contribution in [0.2, 0.25) is 5.02 Å². The molecule has 0 bridgehead atoms. The van der Waals surface area contributed by atoms with Gasteiger partial charge in [-0.3, -0.25) is 10.1 Å². The normalized spacial score (nSPS) is 12.0. The van der Waals surface area contributed by atoms with Crippen LogP contribution >= 0.6 is 11.6 Å². The van der Waals surface area contributed by atoms with Crippen molar-refractivity contribution in [3.63, 3.8) is 0 Å². The first-order valence-electron chi connectivity index (χ1n) is 6.47. The molecule has 0 aliphatic carbocycles. The predicted molar refractivity (Wildman–Crippen MR) is 81.2 cm³/mol. The maximum atomic E-state index is 13.0. The molecular formula is C15H14ClFN2O2. The molecule has 1 unspecified atom stereocenters. The van der Waals surface area contributed by atoms with Crippen molar-refractivity contribution < 1.29 is 9.31 Å². The lowest BCUT2D eigenvalue weighted by molar-refractivity contribution is -0.384. The SMILES string of the molecule is CCC(Nc1ccc(F)cc1Cl)c1cccc([N+](=O)[O-])c1. The molecule has 0 saturated carbocycles. The van der Waals surface area contributed by atoms with E-state index in [1.807, 2.05) is 13.0 Å². The Morgan fingerprint density at radius 3 is 2.71 bits per heavy atom. The first-order valence-corrected chi connectivity index (χ1v) is 6.85. The Bertz CT molecular complexity index is 664. The fourth-order valence-electron chi connectivity index (χ4n) is 2.07. The zero-order chi connectivity index (χ0) is 15.4. The van der Waals surface area contributed by atoms with E-state index in [2.05, 4.69) is 5.32 Å². The van der Waals surface area contributed by atoms with Crippen LogP contribution in [-0.4, -0.2) is 4.92 Å². The third-order valence-electron chi connectivity index (χ3n) is 3.15. The van der Waals surface area contributed by atoms with E-state index in [1.54, 1.807) is 12.1 Å². The highest BCUT2D eigenvalue weighted by atomic mass is 35.5. The third-order valence-corrected chi connectivity index (χ3v) is 3.47. The molecular weight excluding hydrogens is 295 g/mol. The minimum atomic E-state index is -0.429. The van der Waals surface area contributed by atoms with Crippen molar-refractivity contribution in [1.82, 2.24) is 0 Å². The average molecular weight is 309 g/mol. The minimum Gasteiger partial charge on any atom is -0.377 e. The van der Waals surface area contributed by atoms with Crippen LogP contribution in [-0.2, 0) is 0 Å². The number of rotatable bonds is 5. The smallest absolute Gasteiger partial charge is 0.269 e. The molecule has 0 spiro atoms. The lowest BCUT2D eigenvalue weighted by Gasteiger charge is -2.19. The van der Waals surface area contributed by atoms with Crippen molar-refractivity contribution >= 4 is 23.0 Å². The van der Waals surface area contributed by atoms with Gasteiger partial charge >= 0.3 is 0 Å². The molecule has 1 N–H and O–H groups in total. The molecule has 0 aliphatic heterocycles. The van der Waals surface area contributed by atoms with Gasteiger partial charge in [-0.2, -0.15) is 0 Å². The number of nitrogens with zero attached hydrogens (tertiary/aromatic N) is 1. The van der Waals surface area contributed by atoms with Crippen LogP contribution < -0.4 is 5.32 Å². The molecule has 0 amide bonds. The number of anilines is 1. The van der Waals surface area contributed by atoms with Gasteiger partial charge in [0.15, 0.2) is 0 Å². The number of hydrogen-bond donors (Lipinski definition) is 1. The summed E-state index contributed by atoms with van der Waals surface area (Å²) in [7, 11) is 0. The van der Waals surface area contributed by atoms with Gasteiger partial charge in [0.1, 0.15) is 5.82 Å². The molecule has 4 nitrogen and oxygen atoms in total. The summed E-state index contributed by atoms with van der Waals surface area (Å²) >= 11 is 5.99. The van der Waals surface area contributed by atoms with Gasteiger partial charge in [-0.25, -0.2) is 4.39 Å². The number of halogens is 2. The maximum absolute atomic E-state index is 13.0. The Kier molecular flexibility index (Phi) is 4.75. The second-order valence-corrected chi connectivity index (χ2v) is 4.99. The van der Waals surface area contributed by atoms with Gasteiger partial charge < -0.3 is 5.32 Å². The second-order valence-electron chi connectivity index (χ2n) is 4.58. The molecule has 0 fully saturated rings. The zero-order valence-corrected chi connectivity index (χ0v) is 12.1. The van der Waals surface area contributed by atoms with Crippen LogP contribution in [0, 0.1) is 15.9 Å².